The molecule has 0 N–H and O–H groups in total. The minimum absolute atomic E-state index is 0.0912. The molecule has 110 valence electrons. The van der Waals surface area contributed by atoms with E-state index in [-0.39, 0.29) is 25.4 Å². The first-order valence-electron chi connectivity index (χ1n) is 6.14. The zero-order chi connectivity index (χ0) is 15.1. The van der Waals surface area contributed by atoms with Crippen LogP contribution in [0.3, 0.4) is 0 Å². The Kier molecular flexibility index (Phi) is 6.76. The van der Waals surface area contributed by atoms with Crippen molar-refractivity contribution < 1.29 is 23.8 Å². The molecule has 0 heterocycles. The van der Waals surface area contributed by atoms with Crippen molar-refractivity contribution >= 4 is 11.9 Å². The van der Waals surface area contributed by atoms with Crippen molar-refractivity contribution in [2.45, 2.75) is 40.2 Å². The summed E-state index contributed by atoms with van der Waals surface area (Å²) in [7, 11) is 0. The maximum atomic E-state index is 11.5. The summed E-state index contributed by atoms with van der Waals surface area (Å²) in [5, 5.41) is 0. The normalized spacial score (nSPS) is 11.8. The summed E-state index contributed by atoms with van der Waals surface area (Å²) in [6.07, 6.45) is 1.10. The summed E-state index contributed by atoms with van der Waals surface area (Å²) in [4.78, 5) is 22.4. The maximum Gasteiger partial charge on any atom is 0.332 e. The van der Waals surface area contributed by atoms with Gasteiger partial charge in [0.25, 0.3) is 0 Å². The van der Waals surface area contributed by atoms with Gasteiger partial charge in [0, 0.05) is 11.5 Å². The highest BCUT2D eigenvalue weighted by Gasteiger charge is 2.23. The second-order valence-corrected chi connectivity index (χ2v) is 6.04. The fourth-order valence-corrected chi connectivity index (χ4v) is 0.960. The Labute approximate surface area is 114 Å². The molecule has 0 fully saturated rings. The van der Waals surface area contributed by atoms with Crippen molar-refractivity contribution in [2.24, 2.45) is 5.41 Å². The zero-order valence-corrected chi connectivity index (χ0v) is 12.4. The molecule has 0 saturated carbocycles. The first-order chi connectivity index (χ1) is 8.56. The monoisotopic (exact) mass is 272 g/mol. The molecule has 0 aromatic carbocycles. The molecule has 0 atom stereocenters. The Bertz CT molecular complexity index is 325. The first kappa shape index (κ1) is 17.6. The van der Waals surface area contributed by atoms with E-state index in [1.807, 2.05) is 34.6 Å². The van der Waals surface area contributed by atoms with Gasteiger partial charge in [-0.2, -0.15) is 0 Å². The summed E-state index contributed by atoms with van der Waals surface area (Å²) >= 11 is 0. The van der Waals surface area contributed by atoms with Gasteiger partial charge in [-0.3, -0.25) is 0 Å². The quantitative estimate of drug-likeness (QED) is 0.524. The molecule has 0 spiro atoms. The summed E-state index contributed by atoms with van der Waals surface area (Å²) in [5.74, 6) is -0.923. The molecule has 0 aliphatic carbocycles. The number of rotatable bonds is 7. The molecular weight excluding hydrogens is 248 g/mol. The fourth-order valence-electron chi connectivity index (χ4n) is 0.960. The van der Waals surface area contributed by atoms with Gasteiger partial charge < -0.3 is 14.2 Å². The van der Waals surface area contributed by atoms with E-state index in [4.69, 9.17) is 14.2 Å². The van der Waals surface area contributed by atoms with E-state index in [0.717, 1.165) is 6.08 Å². The molecule has 0 bridgehead atoms. The van der Waals surface area contributed by atoms with Crippen LogP contribution in [0.5, 0.6) is 0 Å². The number of hydrogen-bond donors (Lipinski definition) is 0. The fraction of sp³-hybridized carbons (Fsp3) is 0.714. The molecule has 0 amide bonds. The van der Waals surface area contributed by atoms with E-state index in [0.29, 0.717) is 0 Å². The lowest BCUT2D eigenvalue weighted by Gasteiger charge is -2.24. The third kappa shape index (κ3) is 10.3. The molecule has 0 aromatic heterocycles. The van der Waals surface area contributed by atoms with Crippen molar-refractivity contribution in [3.8, 4) is 0 Å². The highest BCUT2D eigenvalue weighted by molar-refractivity contribution is 5.81. The largest absolute Gasteiger partial charge is 0.463 e. The average Bonchev–Trinajstić information content (AvgIpc) is 2.30. The van der Waals surface area contributed by atoms with Crippen LogP contribution in [0.2, 0.25) is 0 Å². The number of esters is 2. The van der Waals surface area contributed by atoms with Gasteiger partial charge in [-0.25, -0.2) is 9.59 Å². The SMILES string of the molecule is C=CC(=O)OCC(C)(C)COC(=O)COC(C)(C)C. The predicted octanol–water partition coefficient (Wildman–Crippen LogP) is 2.10. The van der Waals surface area contributed by atoms with Crippen molar-refractivity contribution in [3.63, 3.8) is 0 Å². The highest BCUT2D eigenvalue weighted by Crippen LogP contribution is 2.16. The molecule has 0 unspecified atom stereocenters. The van der Waals surface area contributed by atoms with E-state index in [9.17, 15) is 9.59 Å². The van der Waals surface area contributed by atoms with Crippen LogP contribution in [0.1, 0.15) is 34.6 Å². The molecule has 19 heavy (non-hydrogen) atoms. The van der Waals surface area contributed by atoms with Crippen molar-refractivity contribution in [2.75, 3.05) is 19.8 Å². The average molecular weight is 272 g/mol. The van der Waals surface area contributed by atoms with Crippen LogP contribution in [0.25, 0.3) is 0 Å². The van der Waals surface area contributed by atoms with Crippen LogP contribution in [-0.2, 0) is 23.8 Å². The van der Waals surface area contributed by atoms with Crippen LogP contribution < -0.4 is 0 Å². The van der Waals surface area contributed by atoms with E-state index in [2.05, 4.69) is 6.58 Å². The van der Waals surface area contributed by atoms with Crippen molar-refractivity contribution in [3.05, 3.63) is 12.7 Å². The van der Waals surface area contributed by atoms with Crippen LogP contribution in [0.4, 0.5) is 0 Å². The van der Waals surface area contributed by atoms with Gasteiger partial charge in [0.15, 0.2) is 0 Å². The lowest BCUT2D eigenvalue weighted by Crippen LogP contribution is -2.30. The molecule has 0 rings (SSSR count). The van der Waals surface area contributed by atoms with E-state index < -0.39 is 17.4 Å². The lowest BCUT2D eigenvalue weighted by atomic mass is 9.96. The molecule has 0 aliphatic rings. The highest BCUT2D eigenvalue weighted by atomic mass is 16.6. The van der Waals surface area contributed by atoms with Gasteiger partial charge in [-0.05, 0) is 20.8 Å². The van der Waals surface area contributed by atoms with Gasteiger partial charge in [-0.15, -0.1) is 0 Å². The zero-order valence-electron chi connectivity index (χ0n) is 12.4. The predicted molar refractivity (Wildman–Crippen MR) is 71.6 cm³/mol. The standard InChI is InChI=1S/C14H24O5/c1-7-11(15)17-9-14(5,6)10-18-12(16)8-19-13(2,3)4/h7H,1,8-10H2,2-6H3. The van der Waals surface area contributed by atoms with E-state index in [1.165, 1.54) is 0 Å². The lowest BCUT2D eigenvalue weighted by molar-refractivity contribution is -0.158. The molecule has 5 heteroatoms. The molecule has 5 nitrogen and oxygen atoms in total. The van der Waals surface area contributed by atoms with Gasteiger partial charge in [-0.1, -0.05) is 20.4 Å². The molecular formula is C14H24O5. The molecule has 0 aliphatic heterocycles. The van der Waals surface area contributed by atoms with Gasteiger partial charge >= 0.3 is 11.9 Å². The third-order valence-electron chi connectivity index (χ3n) is 2.02. The summed E-state index contributed by atoms with van der Waals surface area (Å²) in [6, 6.07) is 0. The Morgan fingerprint density at radius 3 is 2.05 bits per heavy atom. The first-order valence-corrected chi connectivity index (χ1v) is 6.14. The Balaban J connectivity index is 3.99. The minimum Gasteiger partial charge on any atom is -0.463 e. The van der Waals surface area contributed by atoms with E-state index >= 15 is 0 Å². The summed E-state index contributed by atoms with van der Waals surface area (Å²) in [6.45, 7) is 12.8. The topological polar surface area (TPSA) is 61.8 Å². The molecule has 0 radical (unpaired) electrons. The number of ether oxygens (including phenoxy) is 3. The van der Waals surface area contributed by atoms with Crippen LogP contribution in [-0.4, -0.2) is 37.4 Å². The molecule has 0 aromatic rings. The number of carbonyl (C=O) groups is 2. The van der Waals surface area contributed by atoms with Crippen molar-refractivity contribution in [1.82, 2.24) is 0 Å². The Morgan fingerprint density at radius 2 is 1.58 bits per heavy atom. The Morgan fingerprint density at radius 1 is 1.05 bits per heavy atom. The second-order valence-electron chi connectivity index (χ2n) is 6.04. The summed E-state index contributed by atoms with van der Waals surface area (Å²) in [5.41, 5.74) is -0.829. The second kappa shape index (κ2) is 7.28. The number of carbonyl (C=O) groups excluding carboxylic acids is 2. The van der Waals surface area contributed by atoms with Crippen LogP contribution >= 0.6 is 0 Å². The Hall–Kier alpha value is -1.36. The van der Waals surface area contributed by atoms with Gasteiger partial charge in [0.1, 0.15) is 6.61 Å². The smallest absolute Gasteiger partial charge is 0.332 e. The van der Waals surface area contributed by atoms with Crippen LogP contribution in [0, 0.1) is 5.41 Å². The maximum absolute atomic E-state index is 11.5. The van der Waals surface area contributed by atoms with Gasteiger partial charge in [0.05, 0.1) is 18.8 Å². The number of hydrogen-bond acceptors (Lipinski definition) is 5. The van der Waals surface area contributed by atoms with Crippen molar-refractivity contribution in [1.29, 1.82) is 0 Å². The summed E-state index contributed by atoms with van der Waals surface area (Å²) < 4.78 is 15.3. The molecule has 0 saturated heterocycles. The minimum atomic E-state index is -0.490. The third-order valence-corrected chi connectivity index (χ3v) is 2.02. The van der Waals surface area contributed by atoms with Gasteiger partial charge in [0.2, 0.25) is 0 Å². The van der Waals surface area contributed by atoms with Crippen LogP contribution in [0.15, 0.2) is 12.7 Å². The van der Waals surface area contributed by atoms with E-state index in [1.54, 1.807) is 0 Å².